The smallest absolute Gasteiger partial charge is 0.243 e. The van der Waals surface area contributed by atoms with Gasteiger partial charge in [0.2, 0.25) is 15.9 Å². The van der Waals surface area contributed by atoms with Crippen LogP contribution in [0.15, 0.2) is 59.5 Å². The highest BCUT2D eigenvalue weighted by Crippen LogP contribution is 2.27. The van der Waals surface area contributed by atoms with Gasteiger partial charge >= 0.3 is 0 Å². The first kappa shape index (κ1) is 23.3. The zero-order chi connectivity index (χ0) is 23.6. The van der Waals surface area contributed by atoms with Gasteiger partial charge in [0, 0.05) is 25.6 Å². The lowest BCUT2D eigenvalue weighted by Crippen LogP contribution is -2.43. The number of methoxy groups -OCH3 is 1. The van der Waals surface area contributed by atoms with Crippen LogP contribution >= 0.6 is 0 Å². The fourth-order valence-electron chi connectivity index (χ4n) is 4.43. The molecule has 1 amide bonds. The van der Waals surface area contributed by atoms with E-state index in [1.807, 2.05) is 56.3 Å². The van der Waals surface area contributed by atoms with Gasteiger partial charge in [0.1, 0.15) is 5.75 Å². The van der Waals surface area contributed by atoms with Crippen molar-refractivity contribution in [1.82, 2.24) is 9.62 Å². The quantitative estimate of drug-likeness (QED) is 0.591. The van der Waals surface area contributed by atoms with Crippen molar-refractivity contribution in [3.63, 3.8) is 0 Å². The van der Waals surface area contributed by atoms with E-state index in [1.165, 1.54) is 4.31 Å². The molecular weight excluding hydrogens is 436 g/mol. The molecule has 0 bridgehead atoms. The molecule has 0 radical (unpaired) electrons. The number of amides is 1. The Kier molecular flexibility index (Phi) is 6.72. The van der Waals surface area contributed by atoms with Crippen LogP contribution in [0.4, 0.5) is 0 Å². The van der Waals surface area contributed by atoms with Gasteiger partial charge in [-0.25, -0.2) is 8.42 Å². The van der Waals surface area contributed by atoms with E-state index in [2.05, 4.69) is 11.4 Å². The number of hydrogen-bond acceptors (Lipinski definition) is 4. The summed E-state index contributed by atoms with van der Waals surface area (Å²) in [5.41, 5.74) is 2.81. The number of aryl methyl sites for hydroxylation is 2. The minimum absolute atomic E-state index is 0.0200. The molecule has 3 aromatic carbocycles. The van der Waals surface area contributed by atoms with Crippen LogP contribution in [-0.4, -0.2) is 38.8 Å². The highest BCUT2D eigenvalue weighted by molar-refractivity contribution is 7.89. The summed E-state index contributed by atoms with van der Waals surface area (Å²) in [5.74, 6) is 0.614. The number of nitrogens with one attached hydrogen (secondary N) is 1. The van der Waals surface area contributed by atoms with Gasteiger partial charge < -0.3 is 10.1 Å². The van der Waals surface area contributed by atoms with Crippen LogP contribution in [0.5, 0.6) is 5.75 Å². The maximum Gasteiger partial charge on any atom is 0.243 e. The molecule has 0 saturated carbocycles. The van der Waals surface area contributed by atoms with Crippen molar-refractivity contribution in [2.75, 3.05) is 20.2 Å². The molecule has 174 valence electrons. The molecular formula is C26H30N2O4S. The molecule has 4 rings (SSSR count). The lowest BCUT2D eigenvalue weighted by Gasteiger charge is -2.31. The molecule has 1 saturated heterocycles. The predicted molar refractivity (Wildman–Crippen MR) is 130 cm³/mol. The van der Waals surface area contributed by atoms with Crippen LogP contribution in [0, 0.1) is 19.8 Å². The Hall–Kier alpha value is -2.90. The summed E-state index contributed by atoms with van der Waals surface area (Å²) in [6.07, 6.45) is 1.04. The minimum atomic E-state index is -3.55. The Morgan fingerprint density at radius 3 is 2.39 bits per heavy atom. The fourth-order valence-corrected chi connectivity index (χ4v) is 6.11. The molecule has 0 aromatic heterocycles. The Labute approximate surface area is 195 Å². The van der Waals surface area contributed by atoms with Gasteiger partial charge in [0.25, 0.3) is 0 Å². The van der Waals surface area contributed by atoms with Crippen molar-refractivity contribution in [2.45, 2.75) is 38.1 Å². The molecule has 1 aliphatic heterocycles. The van der Waals surface area contributed by atoms with Gasteiger partial charge in [-0.3, -0.25) is 4.79 Å². The van der Waals surface area contributed by atoms with Crippen LogP contribution < -0.4 is 10.1 Å². The molecule has 1 heterocycles. The van der Waals surface area contributed by atoms with Gasteiger partial charge in [-0.2, -0.15) is 4.31 Å². The zero-order valence-electron chi connectivity index (χ0n) is 19.3. The van der Waals surface area contributed by atoms with E-state index in [4.69, 9.17) is 4.74 Å². The van der Waals surface area contributed by atoms with Crippen molar-refractivity contribution in [2.24, 2.45) is 5.92 Å². The first-order valence-corrected chi connectivity index (χ1v) is 12.6. The predicted octanol–water partition coefficient (Wildman–Crippen LogP) is 4.18. The monoisotopic (exact) mass is 466 g/mol. The van der Waals surface area contributed by atoms with Gasteiger partial charge in [-0.05, 0) is 72.9 Å². The number of carbonyl (C=O) groups excluding carboxylic acids is 1. The number of sulfonamides is 1. The highest BCUT2D eigenvalue weighted by atomic mass is 32.2. The molecule has 1 fully saturated rings. The van der Waals surface area contributed by atoms with Crippen LogP contribution in [0.3, 0.4) is 0 Å². The topological polar surface area (TPSA) is 75.7 Å². The summed E-state index contributed by atoms with van der Waals surface area (Å²) in [4.78, 5) is 13.1. The number of piperidine rings is 1. The minimum Gasteiger partial charge on any atom is -0.497 e. The Morgan fingerprint density at radius 2 is 1.70 bits per heavy atom. The van der Waals surface area contributed by atoms with Gasteiger partial charge in [-0.1, -0.05) is 35.9 Å². The summed E-state index contributed by atoms with van der Waals surface area (Å²) in [7, 11) is -1.90. The lowest BCUT2D eigenvalue weighted by atomic mass is 9.97. The normalized spacial score (nSPS) is 15.5. The van der Waals surface area contributed by atoms with Crippen molar-refractivity contribution >= 4 is 26.7 Å². The second-order valence-corrected chi connectivity index (χ2v) is 10.6. The second-order valence-electron chi connectivity index (χ2n) is 8.71. The van der Waals surface area contributed by atoms with E-state index in [9.17, 15) is 13.2 Å². The number of nitrogens with zero attached hydrogens (tertiary/aromatic N) is 1. The van der Waals surface area contributed by atoms with Crippen LogP contribution in [0.2, 0.25) is 0 Å². The largest absolute Gasteiger partial charge is 0.497 e. The number of rotatable bonds is 6. The molecule has 1 N–H and O–H groups in total. The number of carbonyl (C=O) groups is 1. The van der Waals surface area contributed by atoms with E-state index >= 15 is 0 Å². The highest BCUT2D eigenvalue weighted by Gasteiger charge is 2.32. The van der Waals surface area contributed by atoms with Crippen LogP contribution in [0.25, 0.3) is 10.8 Å². The number of fused-ring (bicyclic) bond motifs is 1. The maximum absolute atomic E-state index is 13.1. The third-order valence-corrected chi connectivity index (χ3v) is 8.41. The standard InChI is InChI=1S/C26H30N2O4S/c1-18-4-9-25(19(2)14-18)33(30,31)28-12-10-21(11-13-28)26(29)27-17-20-5-6-23-16-24(32-3)8-7-22(23)15-20/h4-9,14-16,21H,10-13,17H2,1-3H3,(H,27,29). The molecule has 0 atom stereocenters. The van der Waals surface area contributed by atoms with E-state index < -0.39 is 10.0 Å². The van der Waals surface area contributed by atoms with Gasteiger partial charge in [0.15, 0.2) is 0 Å². The SMILES string of the molecule is COc1ccc2cc(CNC(=O)C3CCN(S(=O)(=O)c4ccc(C)cc4C)CC3)ccc2c1. The van der Waals surface area contributed by atoms with Crippen LogP contribution in [0.1, 0.15) is 29.5 Å². The fraction of sp³-hybridized carbons (Fsp3) is 0.346. The third-order valence-electron chi connectivity index (χ3n) is 6.35. The van der Waals surface area contributed by atoms with E-state index in [0.29, 0.717) is 37.4 Å². The number of ether oxygens (including phenoxy) is 1. The van der Waals surface area contributed by atoms with Crippen molar-refractivity contribution in [3.8, 4) is 5.75 Å². The summed E-state index contributed by atoms with van der Waals surface area (Å²) < 4.78 is 32.9. The molecule has 0 aliphatic carbocycles. The van der Waals surface area contributed by atoms with E-state index in [0.717, 1.165) is 33.2 Å². The third kappa shape index (κ3) is 5.04. The number of benzene rings is 3. The van der Waals surface area contributed by atoms with Crippen molar-refractivity contribution < 1.29 is 17.9 Å². The summed E-state index contributed by atoms with van der Waals surface area (Å²) in [5, 5.41) is 5.20. The van der Waals surface area contributed by atoms with Gasteiger partial charge in [0.05, 0.1) is 12.0 Å². The molecule has 0 unspecified atom stereocenters. The Bertz CT molecular complexity index is 1280. The average Bonchev–Trinajstić information content (AvgIpc) is 2.81. The second kappa shape index (κ2) is 9.53. The van der Waals surface area contributed by atoms with E-state index in [-0.39, 0.29) is 11.8 Å². The zero-order valence-corrected chi connectivity index (χ0v) is 20.1. The Morgan fingerprint density at radius 1 is 1.00 bits per heavy atom. The molecule has 7 heteroatoms. The summed E-state index contributed by atoms with van der Waals surface area (Å²) in [6.45, 7) is 4.92. The Balaban J connectivity index is 1.34. The first-order chi connectivity index (χ1) is 15.8. The maximum atomic E-state index is 13.1. The molecule has 33 heavy (non-hydrogen) atoms. The molecule has 3 aromatic rings. The van der Waals surface area contributed by atoms with Gasteiger partial charge in [-0.15, -0.1) is 0 Å². The molecule has 6 nitrogen and oxygen atoms in total. The average molecular weight is 467 g/mol. The van der Waals surface area contributed by atoms with Crippen molar-refractivity contribution in [1.29, 1.82) is 0 Å². The first-order valence-electron chi connectivity index (χ1n) is 11.2. The number of hydrogen-bond donors (Lipinski definition) is 1. The van der Waals surface area contributed by atoms with E-state index in [1.54, 1.807) is 13.2 Å². The molecule has 0 spiro atoms. The van der Waals surface area contributed by atoms with Crippen molar-refractivity contribution in [3.05, 3.63) is 71.3 Å². The lowest BCUT2D eigenvalue weighted by molar-refractivity contribution is -0.126. The summed E-state index contributed by atoms with van der Waals surface area (Å²) in [6, 6.07) is 17.4. The molecule has 1 aliphatic rings. The van der Waals surface area contributed by atoms with Crippen LogP contribution in [-0.2, 0) is 21.4 Å². The summed E-state index contributed by atoms with van der Waals surface area (Å²) >= 11 is 0.